The Balaban J connectivity index is 4.29. The first-order valence-electron chi connectivity index (χ1n) is 5.27. The highest BCUT2D eigenvalue weighted by atomic mass is 32.2. The van der Waals surface area contributed by atoms with Crippen LogP contribution in [0.5, 0.6) is 0 Å². The van der Waals surface area contributed by atoms with Crippen molar-refractivity contribution in [3.05, 3.63) is 0 Å². The number of hydrogen-bond donors (Lipinski definition) is 3. The van der Waals surface area contributed by atoms with Crippen molar-refractivity contribution >= 4 is 9.84 Å². The summed E-state index contributed by atoms with van der Waals surface area (Å²) < 4.78 is 22.7. The molecule has 0 aliphatic carbocycles. The van der Waals surface area contributed by atoms with Gasteiger partial charge in [-0.05, 0) is 27.7 Å². The van der Waals surface area contributed by atoms with E-state index in [1.54, 1.807) is 27.7 Å². The molecule has 0 saturated carbocycles. The summed E-state index contributed by atoms with van der Waals surface area (Å²) in [6, 6.07) is 0. The largest absolute Gasteiger partial charge is 0.394 e. The first-order chi connectivity index (χ1) is 7.08. The first kappa shape index (κ1) is 15.8. The van der Waals surface area contributed by atoms with Crippen LogP contribution >= 0.6 is 0 Å². The van der Waals surface area contributed by atoms with Crippen molar-refractivity contribution in [2.45, 2.75) is 38.0 Å². The highest BCUT2D eigenvalue weighted by molar-refractivity contribution is 7.92. The highest BCUT2D eigenvalue weighted by Crippen LogP contribution is 2.15. The molecule has 16 heavy (non-hydrogen) atoms. The zero-order valence-corrected chi connectivity index (χ0v) is 11.3. The maximum absolute atomic E-state index is 11.7. The lowest BCUT2D eigenvalue weighted by atomic mass is 10.1. The van der Waals surface area contributed by atoms with Crippen molar-refractivity contribution in [3.63, 3.8) is 0 Å². The number of aliphatic hydroxyl groups excluding tert-OH is 2. The topological polar surface area (TPSA) is 86.6 Å². The number of rotatable bonds is 6. The van der Waals surface area contributed by atoms with E-state index in [4.69, 9.17) is 10.2 Å². The van der Waals surface area contributed by atoms with Gasteiger partial charge in [0, 0.05) is 6.54 Å². The Labute approximate surface area is 97.8 Å². The maximum atomic E-state index is 11.7. The lowest BCUT2D eigenvalue weighted by Crippen LogP contribution is -2.51. The monoisotopic (exact) mass is 253 g/mol. The van der Waals surface area contributed by atoms with Gasteiger partial charge < -0.3 is 15.5 Å². The Morgan fingerprint density at radius 1 is 1.06 bits per heavy atom. The fraction of sp³-hybridized carbons (Fsp3) is 1.00. The second kappa shape index (κ2) is 5.44. The predicted molar refractivity (Wildman–Crippen MR) is 64.1 cm³/mol. The normalized spacial score (nSPS) is 14.1. The van der Waals surface area contributed by atoms with Gasteiger partial charge in [0.1, 0.15) is 0 Å². The molecule has 0 aliphatic heterocycles. The molecule has 0 aliphatic rings. The number of sulfone groups is 1. The zero-order valence-electron chi connectivity index (χ0n) is 10.4. The minimum Gasteiger partial charge on any atom is -0.394 e. The molecule has 0 aromatic rings. The summed E-state index contributed by atoms with van der Waals surface area (Å²) in [7, 11) is -3.16. The molecular formula is C10H23NO4S. The SMILES string of the molecule is CC(CO)(CO)NCCS(=O)(=O)C(C)(C)C. The van der Waals surface area contributed by atoms with E-state index in [9.17, 15) is 8.42 Å². The second-order valence-corrected chi connectivity index (χ2v) is 8.10. The summed E-state index contributed by atoms with van der Waals surface area (Å²) in [5.41, 5.74) is -0.826. The smallest absolute Gasteiger partial charge is 0.156 e. The fourth-order valence-electron chi connectivity index (χ4n) is 0.955. The molecule has 0 saturated heterocycles. The van der Waals surface area contributed by atoms with E-state index in [2.05, 4.69) is 5.32 Å². The summed E-state index contributed by atoms with van der Waals surface area (Å²) in [6.07, 6.45) is 0. The number of nitrogens with one attached hydrogen (secondary N) is 1. The summed E-state index contributed by atoms with van der Waals surface area (Å²) in [4.78, 5) is 0. The lowest BCUT2D eigenvalue weighted by Gasteiger charge is -2.27. The Morgan fingerprint density at radius 3 is 1.81 bits per heavy atom. The van der Waals surface area contributed by atoms with Gasteiger partial charge in [-0.15, -0.1) is 0 Å². The van der Waals surface area contributed by atoms with Crippen LogP contribution in [0, 0.1) is 0 Å². The number of hydrogen-bond acceptors (Lipinski definition) is 5. The summed E-state index contributed by atoms with van der Waals surface area (Å²) in [5, 5.41) is 20.8. The standard InChI is InChI=1S/C10H23NO4S/c1-9(2,3)16(14,15)6-5-11-10(4,7-12)8-13/h11-13H,5-8H2,1-4H3. The quantitative estimate of drug-likeness (QED) is 0.596. The molecule has 0 aromatic carbocycles. The van der Waals surface area contributed by atoms with Crippen LogP contribution in [0.2, 0.25) is 0 Å². The van der Waals surface area contributed by atoms with Crippen LogP contribution in [0.15, 0.2) is 0 Å². The average Bonchev–Trinajstić information content (AvgIpc) is 2.15. The molecule has 0 bridgehead atoms. The highest BCUT2D eigenvalue weighted by Gasteiger charge is 2.29. The van der Waals surface area contributed by atoms with Crippen LogP contribution in [0.1, 0.15) is 27.7 Å². The Bertz CT molecular complexity index is 301. The third-order valence-electron chi connectivity index (χ3n) is 2.55. The van der Waals surface area contributed by atoms with Crippen LogP contribution in [-0.2, 0) is 9.84 Å². The van der Waals surface area contributed by atoms with Crippen molar-refractivity contribution in [3.8, 4) is 0 Å². The van der Waals surface area contributed by atoms with Crippen molar-refractivity contribution in [2.24, 2.45) is 0 Å². The molecule has 98 valence electrons. The van der Waals surface area contributed by atoms with Crippen LogP contribution < -0.4 is 5.32 Å². The van der Waals surface area contributed by atoms with Crippen LogP contribution in [0.4, 0.5) is 0 Å². The van der Waals surface area contributed by atoms with E-state index < -0.39 is 20.1 Å². The summed E-state index contributed by atoms with van der Waals surface area (Å²) >= 11 is 0. The van der Waals surface area contributed by atoms with Crippen molar-refractivity contribution in [1.82, 2.24) is 5.32 Å². The first-order valence-corrected chi connectivity index (χ1v) is 6.92. The van der Waals surface area contributed by atoms with Crippen LogP contribution in [-0.4, -0.2) is 54.4 Å². The third-order valence-corrected chi connectivity index (χ3v) is 5.16. The molecule has 5 nitrogen and oxygen atoms in total. The van der Waals surface area contributed by atoms with E-state index in [-0.39, 0.29) is 25.5 Å². The van der Waals surface area contributed by atoms with E-state index >= 15 is 0 Å². The summed E-state index contributed by atoms with van der Waals surface area (Å²) in [6.45, 7) is 6.34. The molecular weight excluding hydrogens is 230 g/mol. The molecule has 0 rings (SSSR count). The molecule has 0 fully saturated rings. The van der Waals surface area contributed by atoms with Crippen molar-refractivity contribution in [2.75, 3.05) is 25.5 Å². The molecule has 3 N–H and O–H groups in total. The van der Waals surface area contributed by atoms with Gasteiger partial charge in [-0.3, -0.25) is 0 Å². The molecule has 0 radical (unpaired) electrons. The second-order valence-electron chi connectivity index (χ2n) is 5.23. The minimum absolute atomic E-state index is 0.00785. The summed E-state index contributed by atoms with van der Waals surface area (Å²) in [5.74, 6) is -0.00785. The van der Waals surface area contributed by atoms with Gasteiger partial charge in [0.25, 0.3) is 0 Å². The molecule has 0 spiro atoms. The van der Waals surface area contributed by atoms with Gasteiger partial charge in [0.2, 0.25) is 0 Å². The Hall–Kier alpha value is -0.170. The van der Waals surface area contributed by atoms with Gasteiger partial charge in [-0.1, -0.05) is 0 Å². The Morgan fingerprint density at radius 2 is 1.50 bits per heavy atom. The van der Waals surface area contributed by atoms with Crippen LogP contribution in [0.3, 0.4) is 0 Å². The molecule has 0 aromatic heterocycles. The zero-order chi connectivity index (χ0) is 13.0. The minimum atomic E-state index is -3.16. The van der Waals surface area contributed by atoms with Crippen molar-refractivity contribution in [1.29, 1.82) is 0 Å². The van der Waals surface area contributed by atoms with E-state index in [0.29, 0.717) is 0 Å². The van der Waals surface area contributed by atoms with E-state index in [1.807, 2.05) is 0 Å². The van der Waals surface area contributed by atoms with Gasteiger partial charge in [-0.25, -0.2) is 8.42 Å². The van der Waals surface area contributed by atoms with E-state index in [1.165, 1.54) is 0 Å². The van der Waals surface area contributed by atoms with Crippen LogP contribution in [0.25, 0.3) is 0 Å². The van der Waals surface area contributed by atoms with Gasteiger partial charge in [-0.2, -0.15) is 0 Å². The van der Waals surface area contributed by atoms with Gasteiger partial charge >= 0.3 is 0 Å². The van der Waals surface area contributed by atoms with E-state index in [0.717, 1.165) is 0 Å². The third kappa shape index (κ3) is 4.37. The number of aliphatic hydroxyl groups is 2. The maximum Gasteiger partial charge on any atom is 0.156 e. The molecule has 0 unspecified atom stereocenters. The lowest BCUT2D eigenvalue weighted by molar-refractivity contribution is 0.106. The molecule has 0 atom stereocenters. The van der Waals surface area contributed by atoms with Crippen molar-refractivity contribution < 1.29 is 18.6 Å². The van der Waals surface area contributed by atoms with Gasteiger partial charge in [0.05, 0.1) is 29.3 Å². The fourth-order valence-corrected chi connectivity index (χ4v) is 1.94. The molecule has 6 heteroatoms. The molecule has 0 amide bonds. The Kier molecular flexibility index (Phi) is 5.38. The average molecular weight is 253 g/mol. The molecule has 0 heterocycles. The predicted octanol–water partition coefficient (Wildman–Crippen LogP) is -0.467. The van der Waals surface area contributed by atoms with Gasteiger partial charge in [0.15, 0.2) is 9.84 Å².